The molecule has 2 aromatic heterocycles. The molecule has 24 heavy (non-hydrogen) atoms. The van der Waals surface area contributed by atoms with Crippen molar-refractivity contribution in [1.82, 2.24) is 14.7 Å². The van der Waals surface area contributed by atoms with Crippen molar-refractivity contribution >= 4 is 33.9 Å². The third-order valence-corrected chi connectivity index (χ3v) is 4.29. The maximum absolute atomic E-state index is 12.6. The fourth-order valence-corrected chi connectivity index (χ4v) is 3.14. The molecule has 1 amide bonds. The molecular weight excluding hydrogens is 322 g/mol. The molecule has 0 bridgehead atoms. The second kappa shape index (κ2) is 5.98. The summed E-state index contributed by atoms with van der Waals surface area (Å²) in [4.78, 5) is 16.8. The first kappa shape index (κ1) is 14.7. The summed E-state index contributed by atoms with van der Waals surface area (Å²) in [5, 5.41) is 5.43. The van der Waals surface area contributed by atoms with E-state index in [-0.39, 0.29) is 11.1 Å². The molecule has 1 N–H and O–H groups in total. The minimum absolute atomic E-state index is 0.205. The second-order valence-corrected chi connectivity index (χ2v) is 5.86. The van der Waals surface area contributed by atoms with Crippen LogP contribution in [0, 0.1) is 0 Å². The van der Waals surface area contributed by atoms with Crippen molar-refractivity contribution in [3.8, 4) is 0 Å². The normalized spacial score (nSPS) is 11.0. The molecule has 0 saturated carbocycles. The molecule has 0 aliphatic heterocycles. The van der Waals surface area contributed by atoms with Crippen LogP contribution in [-0.4, -0.2) is 15.3 Å². The van der Waals surface area contributed by atoms with E-state index in [0.29, 0.717) is 17.9 Å². The predicted molar refractivity (Wildman–Crippen MR) is 95.3 cm³/mol. The number of hydrogen-bond donors (Lipinski definition) is 1. The molecule has 0 spiro atoms. The fourth-order valence-electron chi connectivity index (χ4n) is 2.88. The molecular formula is C19H14ClN3O. The van der Waals surface area contributed by atoms with Crippen LogP contribution in [0.15, 0.2) is 66.9 Å². The lowest BCUT2D eigenvalue weighted by Crippen LogP contribution is -2.24. The zero-order valence-corrected chi connectivity index (χ0v) is 13.5. The molecule has 2 aromatic carbocycles. The number of carbonyl (C=O) groups is 1. The lowest BCUT2D eigenvalue weighted by atomic mass is 10.0. The lowest BCUT2D eigenvalue weighted by molar-refractivity contribution is 0.0945. The highest BCUT2D eigenvalue weighted by atomic mass is 35.5. The summed E-state index contributed by atoms with van der Waals surface area (Å²) in [5.74, 6) is -0.244. The SMILES string of the molecule is O=C(NCc1cccc2ccccc12)c1c(Cl)nc2ccccn12. The molecule has 0 aliphatic rings. The van der Waals surface area contributed by atoms with Crippen molar-refractivity contribution in [2.45, 2.75) is 6.54 Å². The van der Waals surface area contributed by atoms with E-state index in [2.05, 4.69) is 28.5 Å². The fraction of sp³-hybridized carbons (Fsp3) is 0.0526. The Hall–Kier alpha value is -2.85. The van der Waals surface area contributed by atoms with Crippen LogP contribution >= 0.6 is 11.6 Å². The van der Waals surface area contributed by atoms with Gasteiger partial charge in [0.25, 0.3) is 5.91 Å². The van der Waals surface area contributed by atoms with E-state index in [1.807, 2.05) is 42.5 Å². The highest BCUT2D eigenvalue weighted by molar-refractivity contribution is 6.32. The molecule has 4 aromatic rings. The smallest absolute Gasteiger partial charge is 0.271 e. The first-order chi connectivity index (χ1) is 11.7. The minimum atomic E-state index is -0.244. The second-order valence-electron chi connectivity index (χ2n) is 5.50. The lowest BCUT2D eigenvalue weighted by Gasteiger charge is -2.08. The van der Waals surface area contributed by atoms with Crippen LogP contribution in [0.3, 0.4) is 0 Å². The van der Waals surface area contributed by atoms with Crippen LogP contribution in [-0.2, 0) is 6.54 Å². The Bertz CT molecular complexity index is 1050. The molecule has 0 atom stereocenters. The number of carbonyl (C=O) groups excluding carboxylic acids is 1. The molecule has 0 aliphatic carbocycles. The summed E-state index contributed by atoms with van der Waals surface area (Å²) < 4.78 is 1.70. The van der Waals surface area contributed by atoms with Crippen molar-refractivity contribution in [2.24, 2.45) is 0 Å². The van der Waals surface area contributed by atoms with Crippen molar-refractivity contribution in [2.75, 3.05) is 0 Å². The van der Waals surface area contributed by atoms with Crippen LogP contribution in [0.2, 0.25) is 5.15 Å². The van der Waals surface area contributed by atoms with Gasteiger partial charge in [-0.15, -0.1) is 0 Å². The Kier molecular flexibility index (Phi) is 3.67. The molecule has 4 rings (SSSR count). The third kappa shape index (κ3) is 2.51. The quantitative estimate of drug-likeness (QED) is 0.613. The van der Waals surface area contributed by atoms with E-state index in [9.17, 15) is 4.79 Å². The average molecular weight is 336 g/mol. The number of halogens is 1. The number of imidazole rings is 1. The van der Waals surface area contributed by atoms with E-state index in [1.165, 1.54) is 0 Å². The number of fused-ring (bicyclic) bond motifs is 2. The van der Waals surface area contributed by atoms with Crippen molar-refractivity contribution in [1.29, 1.82) is 0 Å². The molecule has 4 nitrogen and oxygen atoms in total. The Labute approximate surface area is 143 Å². The minimum Gasteiger partial charge on any atom is -0.347 e. The Morgan fingerprint density at radius 1 is 1.04 bits per heavy atom. The van der Waals surface area contributed by atoms with E-state index >= 15 is 0 Å². The zero-order valence-electron chi connectivity index (χ0n) is 12.7. The number of pyridine rings is 1. The molecule has 0 unspecified atom stereocenters. The molecule has 0 radical (unpaired) electrons. The predicted octanol–water partition coefficient (Wildman–Crippen LogP) is 4.07. The van der Waals surface area contributed by atoms with Gasteiger partial charge in [-0.1, -0.05) is 60.1 Å². The van der Waals surface area contributed by atoms with Gasteiger partial charge in [-0.25, -0.2) is 4.98 Å². The molecule has 2 heterocycles. The largest absolute Gasteiger partial charge is 0.347 e. The number of benzene rings is 2. The Balaban J connectivity index is 1.63. The number of rotatable bonds is 3. The van der Waals surface area contributed by atoms with Crippen molar-refractivity contribution in [3.05, 3.63) is 83.3 Å². The summed E-state index contributed by atoms with van der Waals surface area (Å²) in [7, 11) is 0. The van der Waals surface area contributed by atoms with Gasteiger partial charge < -0.3 is 5.32 Å². The number of nitrogens with zero attached hydrogens (tertiary/aromatic N) is 2. The topological polar surface area (TPSA) is 46.4 Å². The van der Waals surface area contributed by atoms with E-state index in [0.717, 1.165) is 16.3 Å². The van der Waals surface area contributed by atoms with Gasteiger partial charge >= 0.3 is 0 Å². The number of hydrogen-bond acceptors (Lipinski definition) is 2. The van der Waals surface area contributed by atoms with Crippen LogP contribution in [0.1, 0.15) is 16.1 Å². The molecule has 0 saturated heterocycles. The van der Waals surface area contributed by atoms with Gasteiger partial charge in [-0.05, 0) is 28.5 Å². The first-order valence-electron chi connectivity index (χ1n) is 7.61. The van der Waals surface area contributed by atoms with E-state index in [4.69, 9.17) is 11.6 Å². The van der Waals surface area contributed by atoms with E-state index in [1.54, 1.807) is 10.6 Å². The van der Waals surface area contributed by atoms with E-state index < -0.39 is 0 Å². The number of amides is 1. The standard InChI is InChI=1S/C19H14ClN3O/c20-18-17(23-11-4-3-10-16(23)22-18)19(24)21-12-14-8-5-7-13-6-1-2-9-15(13)14/h1-11H,12H2,(H,21,24). The van der Waals surface area contributed by atoms with Gasteiger partial charge in [0, 0.05) is 12.7 Å². The summed E-state index contributed by atoms with van der Waals surface area (Å²) >= 11 is 6.15. The van der Waals surface area contributed by atoms with Gasteiger partial charge in [0.2, 0.25) is 0 Å². The Morgan fingerprint density at radius 2 is 1.83 bits per heavy atom. The maximum atomic E-state index is 12.6. The van der Waals surface area contributed by atoms with Crippen molar-refractivity contribution < 1.29 is 4.79 Å². The van der Waals surface area contributed by atoms with Gasteiger partial charge in [0.1, 0.15) is 5.65 Å². The van der Waals surface area contributed by atoms with Gasteiger partial charge in [-0.3, -0.25) is 9.20 Å². The monoisotopic (exact) mass is 335 g/mol. The van der Waals surface area contributed by atoms with Gasteiger partial charge in [0.05, 0.1) is 0 Å². The van der Waals surface area contributed by atoms with Crippen LogP contribution in [0.5, 0.6) is 0 Å². The van der Waals surface area contributed by atoms with Gasteiger partial charge in [-0.2, -0.15) is 0 Å². The highest BCUT2D eigenvalue weighted by Crippen LogP contribution is 2.20. The molecule has 0 fully saturated rings. The van der Waals surface area contributed by atoms with Gasteiger partial charge in [0.15, 0.2) is 10.8 Å². The zero-order chi connectivity index (χ0) is 16.5. The summed E-state index contributed by atoms with van der Waals surface area (Å²) in [6.07, 6.45) is 1.78. The molecule has 5 heteroatoms. The maximum Gasteiger partial charge on any atom is 0.271 e. The third-order valence-electron chi connectivity index (χ3n) is 4.02. The van der Waals surface area contributed by atoms with Crippen LogP contribution < -0.4 is 5.32 Å². The first-order valence-corrected chi connectivity index (χ1v) is 7.99. The Morgan fingerprint density at radius 3 is 2.75 bits per heavy atom. The average Bonchev–Trinajstić information content (AvgIpc) is 2.95. The highest BCUT2D eigenvalue weighted by Gasteiger charge is 2.17. The van der Waals surface area contributed by atoms with Crippen LogP contribution in [0.4, 0.5) is 0 Å². The number of nitrogens with one attached hydrogen (secondary N) is 1. The summed E-state index contributed by atoms with van der Waals surface area (Å²) in [6, 6.07) is 19.7. The summed E-state index contributed by atoms with van der Waals surface area (Å²) in [5.41, 5.74) is 2.07. The molecule has 118 valence electrons. The van der Waals surface area contributed by atoms with Crippen LogP contribution in [0.25, 0.3) is 16.4 Å². The number of aromatic nitrogens is 2. The van der Waals surface area contributed by atoms with Crippen molar-refractivity contribution in [3.63, 3.8) is 0 Å². The summed E-state index contributed by atoms with van der Waals surface area (Å²) in [6.45, 7) is 0.427.